The molecule has 1 unspecified atom stereocenters. The van der Waals surface area contributed by atoms with Crippen molar-refractivity contribution in [1.29, 1.82) is 0 Å². The molecule has 1 aromatic rings. The second-order valence-corrected chi connectivity index (χ2v) is 4.23. The summed E-state index contributed by atoms with van der Waals surface area (Å²) in [4.78, 5) is 13.4. The van der Waals surface area contributed by atoms with Crippen molar-refractivity contribution in [3.05, 3.63) is 17.9 Å². The van der Waals surface area contributed by atoms with Crippen LogP contribution in [0.15, 0.2) is 16.5 Å². The zero-order valence-corrected chi connectivity index (χ0v) is 9.32. The normalized spacial score (nSPS) is 21.7. The van der Waals surface area contributed by atoms with Crippen LogP contribution in [0.3, 0.4) is 0 Å². The minimum atomic E-state index is -0.00841. The van der Waals surface area contributed by atoms with Gasteiger partial charge in [0.2, 0.25) is 0 Å². The molecular weight excluding hydrogens is 190 g/mol. The zero-order chi connectivity index (χ0) is 10.8. The Balaban J connectivity index is 2.17. The Morgan fingerprint density at radius 1 is 1.47 bits per heavy atom. The van der Waals surface area contributed by atoms with Gasteiger partial charge in [-0.15, -0.1) is 0 Å². The fraction of sp³-hybridized carbons (Fsp3) is 0.583. The van der Waals surface area contributed by atoms with E-state index in [2.05, 4.69) is 11.8 Å². The molecule has 0 radical (unpaired) electrons. The van der Waals surface area contributed by atoms with Crippen LogP contribution in [0, 0.1) is 0 Å². The molecule has 82 valence electrons. The highest BCUT2D eigenvalue weighted by Gasteiger charge is 2.21. The van der Waals surface area contributed by atoms with E-state index in [4.69, 9.17) is 4.42 Å². The number of carbonyl (C=O) groups is 1. The van der Waals surface area contributed by atoms with Crippen molar-refractivity contribution in [2.75, 3.05) is 11.4 Å². The molecular formula is C12H17NO2. The first-order chi connectivity index (χ1) is 7.18. The van der Waals surface area contributed by atoms with Gasteiger partial charge in [-0.1, -0.05) is 0 Å². The fourth-order valence-corrected chi connectivity index (χ4v) is 2.10. The molecule has 1 atom stereocenters. The topological polar surface area (TPSA) is 33.5 Å². The lowest BCUT2D eigenvalue weighted by Crippen LogP contribution is -2.37. The molecule has 3 nitrogen and oxygen atoms in total. The van der Waals surface area contributed by atoms with Crippen LogP contribution in [0.2, 0.25) is 0 Å². The molecule has 0 saturated carbocycles. The SMILES string of the molecule is CC(=O)c1ccc(N2CCCCC2C)o1. The standard InChI is InChI=1S/C12H17NO2/c1-9-5-3-4-8-13(9)12-7-6-11(15-12)10(2)14/h6-7,9H,3-5,8H2,1-2H3. The summed E-state index contributed by atoms with van der Waals surface area (Å²) in [7, 11) is 0. The van der Waals surface area contributed by atoms with Crippen LogP contribution >= 0.6 is 0 Å². The number of carbonyl (C=O) groups excluding carboxylic acids is 1. The summed E-state index contributed by atoms with van der Waals surface area (Å²) < 4.78 is 5.53. The van der Waals surface area contributed by atoms with Gasteiger partial charge < -0.3 is 9.32 Å². The van der Waals surface area contributed by atoms with Crippen LogP contribution in [0.25, 0.3) is 0 Å². The van der Waals surface area contributed by atoms with E-state index in [9.17, 15) is 4.79 Å². The van der Waals surface area contributed by atoms with Gasteiger partial charge in [0.05, 0.1) is 0 Å². The third kappa shape index (κ3) is 2.06. The van der Waals surface area contributed by atoms with E-state index in [-0.39, 0.29) is 5.78 Å². The Bertz CT molecular complexity index is 356. The highest BCUT2D eigenvalue weighted by molar-refractivity contribution is 5.91. The maximum atomic E-state index is 11.1. The highest BCUT2D eigenvalue weighted by Crippen LogP contribution is 2.26. The summed E-state index contributed by atoms with van der Waals surface area (Å²) in [5.41, 5.74) is 0. The minimum absolute atomic E-state index is 0.00841. The van der Waals surface area contributed by atoms with Gasteiger partial charge in [0.15, 0.2) is 17.4 Å². The molecule has 0 aromatic carbocycles. The number of hydrogen-bond acceptors (Lipinski definition) is 3. The third-order valence-electron chi connectivity index (χ3n) is 3.02. The average Bonchev–Trinajstić information content (AvgIpc) is 2.67. The van der Waals surface area contributed by atoms with Crippen molar-refractivity contribution in [3.8, 4) is 0 Å². The van der Waals surface area contributed by atoms with Crippen molar-refractivity contribution in [2.45, 2.75) is 39.2 Å². The smallest absolute Gasteiger partial charge is 0.196 e. The van der Waals surface area contributed by atoms with Gasteiger partial charge in [0, 0.05) is 25.6 Å². The Morgan fingerprint density at radius 3 is 2.87 bits per heavy atom. The molecule has 1 aliphatic rings. The van der Waals surface area contributed by atoms with E-state index in [0.717, 1.165) is 12.4 Å². The molecule has 1 aliphatic heterocycles. The van der Waals surface area contributed by atoms with Gasteiger partial charge in [-0.25, -0.2) is 0 Å². The summed E-state index contributed by atoms with van der Waals surface area (Å²) in [5.74, 6) is 1.29. The van der Waals surface area contributed by atoms with Gasteiger partial charge in [-0.3, -0.25) is 4.79 Å². The van der Waals surface area contributed by atoms with Crippen LogP contribution in [-0.2, 0) is 0 Å². The summed E-state index contributed by atoms with van der Waals surface area (Å²) in [6.45, 7) is 4.77. The zero-order valence-electron chi connectivity index (χ0n) is 9.32. The van der Waals surface area contributed by atoms with Crippen molar-refractivity contribution in [3.63, 3.8) is 0 Å². The van der Waals surface area contributed by atoms with Crippen LogP contribution < -0.4 is 4.90 Å². The number of Topliss-reactive ketones (excluding diaryl/α,β-unsaturated/α-hetero) is 1. The number of ketones is 1. The number of hydrogen-bond donors (Lipinski definition) is 0. The predicted octanol–water partition coefficient (Wildman–Crippen LogP) is 2.86. The second-order valence-electron chi connectivity index (χ2n) is 4.23. The number of furan rings is 1. The lowest BCUT2D eigenvalue weighted by molar-refractivity contribution is 0.0987. The maximum Gasteiger partial charge on any atom is 0.196 e. The number of rotatable bonds is 2. The molecule has 1 fully saturated rings. The van der Waals surface area contributed by atoms with Crippen LogP contribution in [-0.4, -0.2) is 18.4 Å². The minimum Gasteiger partial charge on any atom is -0.437 e. The van der Waals surface area contributed by atoms with E-state index in [1.165, 1.54) is 26.2 Å². The summed E-state index contributed by atoms with van der Waals surface area (Å²) in [5, 5.41) is 0. The molecule has 15 heavy (non-hydrogen) atoms. The van der Waals surface area contributed by atoms with E-state index in [1.54, 1.807) is 6.07 Å². The first-order valence-corrected chi connectivity index (χ1v) is 5.56. The van der Waals surface area contributed by atoms with E-state index in [0.29, 0.717) is 11.8 Å². The Labute approximate surface area is 90.1 Å². The Kier molecular flexibility index (Phi) is 2.80. The van der Waals surface area contributed by atoms with Crippen LogP contribution in [0.5, 0.6) is 0 Å². The molecule has 2 heterocycles. The molecule has 0 bridgehead atoms. The largest absolute Gasteiger partial charge is 0.437 e. The molecule has 1 aromatic heterocycles. The molecule has 2 rings (SSSR count). The van der Waals surface area contributed by atoms with E-state index in [1.807, 2.05) is 6.07 Å². The monoisotopic (exact) mass is 207 g/mol. The Morgan fingerprint density at radius 2 is 2.27 bits per heavy atom. The van der Waals surface area contributed by atoms with Crippen molar-refractivity contribution in [2.24, 2.45) is 0 Å². The lowest BCUT2D eigenvalue weighted by Gasteiger charge is -2.33. The third-order valence-corrected chi connectivity index (χ3v) is 3.02. The van der Waals surface area contributed by atoms with Gasteiger partial charge in [-0.2, -0.15) is 0 Å². The first-order valence-electron chi connectivity index (χ1n) is 5.56. The average molecular weight is 207 g/mol. The van der Waals surface area contributed by atoms with E-state index < -0.39 is 0 Å². The van der Waals surface area contributed by atoms with Crippen molar-refractivity contribution >= 4 is 11.7 Å². The second kappa shape index (κ2) is 4.09. The summed E-state index contributed by atoms with van der Waals surface area (Å²) >= 11 is 0. The molecule has 1 saturated heterocycles. The van der Waals surface area contributed by atoms with E-state index >= 15 is 0 Å². The number of nitrogens with zero attached hydrogens (tertiary/aromatic N) is 1. The lowest BCUT2D eigenvalue weighted by atomic mass is 10.0. The molecule has 0 amide bonds. The van der Waals surface area contributed by atoms with Crippen molar-refractivity contribution in [1.82, 2.24) is 0 Å². The van der Waals surface area contributed by atoms with Crippen molar-refractivity contribution < 1.29 is 9.21 Å². The highest BCUT2D eigenvalue weighted by atomic mass is 16.4. The maximum absolute atomic E-state index is 11.1. The molecule has 0 N–H and O–H groups in total. The van der Waals surface area contributed by atoms with Gasteiger partial charge in [0.1, 0.15) is 0 Å². The van der Waals surface area contributed by atoms with Gasteiger partial charge in [0.25, 0.3) is 0 Å². The van der Waals surface area contributed by atoms with Gasteiger partial charge in [-0.05, 0) is 32.3 Å². The first kappa shape index (κ1) is 10.3. The fourth-order valence-electron chi connectivity index (χ4n) is 2.10. The molecule has 0 aliphatic carbocycles. The number of piperidine rings is 1. The molecule has 3 heteroatoms. The van der Waals surface area contributed by atoms with Crippen LogP contribution in [0.1, 0.15) is 43.7 Å². The quantitative estimate of drug-likeness (QED) is 0.699. The summed E-state index contributed by atoms with van der Waals surface area (Å²) in [6, 6.07) is 4.18. The van der Waals surface area contributed by atoms with Crippen LogP contribution in [0.4, 0.5) is 5.88 Å². The molecule has 0 spiro atoms. The van der Waals surface area contributed by atoms with Gasteiger partial charge >= 0.3 is 0 Å². The summed E-state index contributed by atoms with van der Waals surface area (Å²) in [6.07, 6.45) is 3.70. The number of anilines is 1. The predicted molar refractivity (Wildman–Crippen MR) is 59.4 cm³/mol. The Hall–Kier alpha value is -1.25.